The molecule has 2 atom stereocenters. The molecule has 1 aromatic carbocycles. The minimum absolute atomic E-state index is 0.106. The van der Waals surface area contributed by atoms with Crippen LogP contribution in [0, 0.1) is 0 Å². The number of hydrogen-bond donors (Lipinski definition) is 0. The summed E-state index contributed by atoms with van der Waals surface area (Å²) in [6, 6.07) is 5.14. The fourth-order valence-corrected chi connectivity index (χ4v) is 4.11. The number of nitrogens with zero attached hydrogens (tertiary/aromatic N) is 3. The van der Waals surface area contributed by atoms with Crippen LogP contribution in [0.1, 0.15) is 73.1 Å². The molecular formula is C21H27N3O3. The quantitative estimate of drug-likeness (QED) is 0.603. The van der Waals surface area contributed by atoms with Crippen molar-refractivity contribution in [1.82, 2.24) is 9.80 Å². The van der Waals surface area contributed by atoms with Crippen LogP contribution in [0.3, 0.4) is 0 Å². The molecule has 0 spiro atoms. The molecule has 3 rings (SSSR count). The summed E-state index contributed by atoms with van der Waals surface area (Å²) in [5, 5.41) is 0. The Balaban J connectivity index is 1.93. The van der Waals surface area contributed by atoms with E-state index >= 15 is 0 Å². The molecule has 2 aliphatic rings. The Morgan fingerprint density at radius 2 is 1.37 bits per heavy atom. The van der Waals surface area contributed by atoms with Crippen molar-refractivity contribution in [2.45, 2.75) is 64.5 Å². The minimum Gasteiger partial charge on any atom is -0.336 e. The maximum atomic E-state index is 13.0. The second-order valence-electron chi connectivity index (χ2n) is 7.66. The zero-order valence-corrected chi connectivity index (χ0v) is 16.1. The van der Waals surface area contributed by atoms with Crippen LogP contribution in [0.4, 0.5) is 5.69 Å². The van der Waals surface area contributed by atoms with Gasteiger partial charge in [-0.05, 0) is 70.6 Å². The number of carbonyl (C=O) groups is 2. The second-order valence-corrected chi connectivity index (χ2v) is 7.66. The van der Waals surface area contributed by atoms with Gasteiger partial charge in [-0.15, -0.1) is 0 Å². The van der Waals surface area contributed by atoms with Crippen LogP contribution in [0.2, 0.25) is 0 Å². The molecule has 0 radical (unpaired) electrons. The highest BCUT2D eigenvalue weighted by Crippen LogP contribution is 2.25. The molecule has 1 aromatic rings. The highest BCUT2D eigenvalue weighted by Gasteiger charge is 2.28. The lowest BCUT2D eigenvalue weighted by Crippen LogP contribution is -2.43. The van der Waals surface area contributed by atoms with E-state index in [2.05, 4.69) is 4.99 Å². The monoisotopic (exact) mass is 369 g/mol. The van der Waals surface area contributed by atoms with Crippen molar-refractivity contribution in [2.24, 2.45) is 4.99 Å². The standard InChI is InChI=1S/C21H27N3O3/c1-15-7-3-5-9-23(15)20(26)17-11-18(13-19(12-17)22-14-25)21(27)24-10-6-4-8-16(24)2/h11-13,15-16H,3-10H2,1-2H3. The Morgan fingerprint density at radius 3 is 1.78 bits per heavy atom. The fraction of sp³-hybridized carbons (Fsp3) is 0.571. The highest BCUT2D eigenvalue weighted by molar-refractivity contribution is 6.01. The maximum Gasteiger partial charge on any atom is 0.254 e. The zero-order chi connectivity index (χ0) is 19.4. The zero-order valence-electron chi connectivity index (χ0n) is 16.1. The van der Waals surface area contributed by atoms with Crippen molar-refractivity contribution < 1.29 is 14.4 Å². The molecule has 0 bridgehead atoms. The molecule has 2 fully saturated rings. The summed E-state index contributed by atoms with van der Waals surface area (Å²) in [5.74, 6) is -0.211. The lowest BCUT2D eigenvalue weighted by molar-refractivity contribution is 0.0634. The molecule has 0 N–H and O–H groups in total. The molecule has 6 nitrogen and oxygen atoms in total. The first-order chi connectivity index (χ1) is 13.0. The topological polar surface area (TPSA) is 70.0 Å². The van der Waals surface area contributed by atoms with Crippen molar-refractivity contribution in [3.05, 3.63) is 29.3 Å². The molecular weight excluding hydrogens is 342 g/mol. The van der Waals surface area contributed by atoms with Gasteiger partial charge in [0, 0.05) is 36.3 Å². The highest BCUT2D eigenvalue weighted by atomic mass is 16.2. The van der Waals surface area contributed by atoms with Gasteiger partial charge < -0.3 is 9.80 Å². The van der Waals surface area contributed by atoms with Gasteiger partial charge in [-0.2, -0.15) is 4.99 Å². The number of benzene rings is 1. The predicted octanol–water partition coefficient (Wildman–Crippen LogP) is 3.68. The summed E-state index contributed by atoms with van der Waals surface area (Å²) in [5.41, 5.74) is 1.12. The summed E-state index contributed by atoms with van der Waals surface area (Å²) in [7, 11) is 0. The van der Waals surface area contributed by atoms with Crippen LogP contribution >= 0.6 is 0 Å². The molecule has 0 aromatic heterocycles. The Hall–Kier alpha value is -2.46. The van der Waals surface area contributed by atoms with Gasteiger partial charge in [0.1, 0.15) is 0 Å². The van der Waals surface area contributed by atoms with E-state index < -0.39 is 0 Å². The average molecular weight is 369 g/mol. The molecule has 144 valence electrons. The fourth-order valence-electron chi connectivity index (χ4n) is 4.11. The van der Waals surface area contributed by atoms with Crippen LogP contribution in [0.15, 0.2) is 23.2 Å². The van der Waals surface area contributed by atoms with Gasteiger partial charge in [0.15, 0.2) is 0 Å². The summed E-state index contributed by atoms with van der Waals surface area (Å²) in [6.45, 7) is 5.53. The van der Waals surface area contributed by atoms with Gasteiger partial charge in [0.25, 0.3) is 11.8 Å². The molecule has 0 aliphatic carbocycles. The van der Waals surface area contributed by atoms with Crippen molar-refractivity contribution in [2.75, 3.05) is 13.1 Å². The van der Waals surface area contributed by atoms with E-state index in [4.69, 9.17) is 0 Å². The van der Waals surface area contributed by atoms with E-state index in [1.165, 1.54) is 6.08 Å². The lowest BCUT2D eigenvalue weighted by atomic mass is 9.99. The van der Waals surface area contributed by atoms with Crippen LogP contribution in [0.25, 0.3) is 0 Å². The number of isocyanates is 1. The van der Waals surface area contributed by atoms with Gasteiger partial charge in [-0.25, -0.2) is 4.79 Å². The summed E-state index contributed by atoms with van der Waals surface area (Å²) >= 11 is 0. The first-order valence-electron chi connectivity index (χ1n) is 9.86. The Labute approximate surface area is 160 Å². The number of likely N-dealkylation sites (tertiary alicyclic amines) is 2. The van der Waals surface area contributed by atoms with E-state index in [1.807, 2.05) is 23.6 Å². The Kier molecular flexibility index (Phi) is 6.07. The predicted molar refractivity (Wildman–Crippen MR) is 103 cm³/mol. The van der Waals surface area contributed by atoms with E-state index in [9.17, 15) is 14.4 Å². The number of hydrogen-bond acceptors (Lipinski definition) is 4. The van der Waals surface area contributed by atoms with E-state index in [-0.39, 0.29) is 23.9 Å². The Bertz CT molecular complexity index is 718. The van der Waals surface area contributed by atoms with Crippen molar-refractivity contribution in [3.8, 4) is 0 Å². The average Bonchev–Trinajstić information content (AvgIpc) is 2.68. The molecule has 27 heavy (non-hydrogen) atoms. The third-order valence-corrected chi connectivity index (χ3v) is 5.71. The van der Waals surface area contributed by atoms with Crippen LogP contribution < -0.4 is 0 Å². The molecule has 2 unspecified atom stereocenters. The molecule has 2 aliphatic heterocycles. The summed E-state index contributed by atoms with van der Waals surface area (Å²) in [4.78, 5) is 44.2. The van der Waals surface area contributed by atoms with Gasteiger partial charge in [0.05, 0.1) is 5.69 Å². The van der Waals surface area contributed by atoms with Crippen molar-refractivity contribution in [1.29, 1.82) is 0 Å². The number of aliphatic imine (C=N–C) groups is 1. The minimum atomic E-state index is -0.106. The van der Waals surface area contributed by atoms with Crippen LogP contribution in [-0.2, 0) is 4.79 Å². The SMILES string of the molecule is CC1CCCCN1C(=O)c1cc(N=C=O)cc(C(=O)N2CCCCC2C)c1. The smallest absolute Gasteiger partial charge is 0.254 e. The van der Waals surface area contributed by atoms with Crippen molar-refractivity contribution in [3.63, 3.8) is 0 Å². The third kappa shape index (κ3) is 4.28. The van der Waals surface area contributed by atoms with Crippen LogP contribution in [-0.4, -0.2) is 52.9 Å². The molecule has 6 heteroatoms. The number of rotatable bonds is 3. The molecule has 2 heterocycles. The third-order valence-electron chi connectivity index (χ3n) is 5.71. The number of piperidine rings is 2. The normalized spacial score (nSPS) is 22.9. The number of carbonyl (C=O) groups excluding carboxylic acids is 3. The maximum absolute atomic E-state index is 13.0. The molecule has 2 saturated heterocycles. The molecule has 0 saturated carbocycles. The van der Waals surface area contributed by atoms with Crippen LogP contribution in [0.5, 0.6) is 0 Å². The first-order valence-corrected chi connectivity index (χ1v) is 9.86. The largest absolute Gasteiger partial charge is 0.336 e. The van der Waals surface area contributed by atoms with E-state index in [0.29, 0.717) is 29.9 Å². The number of amides is 2. The Morgan fingerprint density at radius 1 is 0.889 bits per heavy atom. The summed E-state index contributed by atoms with van der Waals surface area (Å²) in [6.07, 6.45) is 7.70. The van der Waals surface area contributed by atoms with Gasteiger partial charge in [0.2, 0.25) is 6.08 Å². The van der Waals surface area contributed by atoms with Gasteiger partial charge in [-0.1, -0.05) is 0 Å². The second kappa shape index (κ2) is 8.49. The van der Waals surface area contributed by atoms with E-state index in [1.54, 1.807) is 18.2 Å². The lowest BCUT2D eigenvalue weighted by Gasteiger charge is -2.34. The molecule has 2 amide bonds. The van der Waals surface area contributed by atoms with Gasteiger partial charge >= 0.3 is 0 Å². The van der Waals surface area contributed by atoms with Crippen molar-refractivity contribution >= 4 is 23.6 Å². The van der Waals surface area contributed by atoms with Gasteiger partial charge in [-0.3, -0.25) is 9.59 Å². The first kappa shape index (κ1) is 19.3. The van der Waals surface area contributed by atoms with E-state index in [0.717, 1.165) is 38.5 Å². The summed E-state index contributed by atoms with van der Waals surface area (Å²) < 4.78 is 0.